The second-order valence-electron chi connectivity index (χ2n) is 2.56. The molecule has 0 aliphatic rings. The van der Waals surface area contributed by atoms with E-state index in [1.54, 1.807) is 0 Å². The summed E-state index contributed by atoms with van der Waals surface area (Å²) < 4.78 is -0.533. The van der Waals surface area contributed by atoms with Gasteiger partial charge in [0.05, 0.1) is 6.61 Å². The van der Waals surface area contributed by atoms with Crippen LogP contribution in [0.15, 0.2) is 0 Å². The Bertz CT molecular complexity index is 178. The highest BCUT2D eigenvalue weighted by Crippen LogP contribution is 2.06. The minimum Gasteiger partial charge on any atom is -0.394 e. The molecule has 0 unspecified atom stereocenters. The summed E-state index contributed by atoms with van der Waals surface area (Å²) in [5.74, 6) is 0. The molecule has 0 saturated heterocycles. The van der Waals surface area contributed by atoms with E-state index >= 15 is 0 Å². The molecule has 4 atom stereocenters. The van der Waals surface area contributed by atoms with Gasteiger partial charge in [-0.2, -0.15) is 0 Å². The summed E-state index contributed by atoms with van der Waals surface area (Å²) in [4.78, 5) is 10.6. The smallest absolute Gasteiger partial charge is 0.211 e. The quantitative estimate of drug-likeness (QED) is 0.279. The number of aliphatic hydroxyl groups excluding tert-OH is 4. The maximum atomic E-state index is 10.6. The zero-order chi connectivity index (χ0) is 10.6. The number of hydrogen-bond acceptors (Lipinski definition) is 6. The van der Waals surface area contributed by atoms with E-state index in [0.717, 1.165) is 0 Å². The third-order valence-corrected chi connectivity index (χ3v) is 2.28. The Morgan fingerprint density at radius 2 is 1.77 bits per heavy atom. The summed E-state index contributed by atoms with van der Waals surface area (Å²) in [5, 5.41) is 35.6. The number of halogens is 1. The minimum absolute atomic E-state index is 0.533. The van der Waals surface area contributed by atoms with E-state index in [0.29, 0.717) is 0 Å². The molecule has 0 bridgehead atoms. The SMILES string of the molecule is N[C@@H](C(=O)I)[C@@H](O)[C@H](O)[C@H](O)CO. The van der Waals surface area contributed by atoms with E-state index < -0.39 is 34.8 Å². The molecule has 0 heterocycles. The van der Waals surface area contributed by atoms with Crippen LogP contribution >= 0.6 is 22.6 Å². The largest absolute Gasteiger partial charge is 0.394 e. The van der Waals surface area contributed by atoms with E-state index in [1.165, 1.54) is 22.6 Å². The molecule has 7 heteroatoms. The van der Waals surface area contributed by atoms with Gasteiger partial charge in [-0.1, -0.05) is 0 Å². The average Bonchev–Trinajstić information content (AvgIpc) is 2.12. The van der Waals surface area contributed by atoms with Crippen LogP contribution in [0.2, 0.25) is 0 Å². The molecular weight excluding hydrogens is 293 g/mol. The van der Waals surface area contributed by atoms with Crippen molar-refractivity contribution in [2.45, 2.75) is 24.4 Å². The van der Waals surface area contributed by atoms with Gasteiger partial charge >= 0.3 is 0 Å². The Hall–Kier alpha value is 0.200. The molecular formula is C6H12INO5. The lowest BCUT2D eigenvalue weighted by atomic mass is 10.0. The van der Waals surface area contributed by atoms with Gasteiger partial charge in [0.15, 0.2) is 0 Å². The summed E-state index contributed by atoms with van der Waals surface area (Å²) in [7, 11) is 0. The van der Waals surface area contributed by atoms with Crippen LogP contribution in [0.5, 0.6) is 0 Å². The summed E-state index contributed by atoms with van der Waals surface area (Å²) >= 11 is 1.37. The molecule has 6 nitrogen and oxygen atoms in total. The Balaban J connectivity index is 4.24. The van der Waals surface area contributed by atoms with E-state index in [2.05, 4.69) is 0 Å². The maximum absolute atomic E-state index is 10.6. The van der Waals surface area contributed by atoms with Gasteiger partial charge in [0.25, 0.3) is 0 Å². The molecule has 0 saturated carbocycles. The van der Waals surface area contributed by atoms with Crippen molar-refractivity contribution >= 4 is 26.4 Å². The van der Waals surface area contributed by atoms with Crippen LogP contribution < -0.4 is 5.73 Å². The number of aliphatic hydroxyl groups is 4. The fraction of sp³-hybridized carbons (Fsp3) is 0.833. The summed E-state index contributed by atoms with van der Waals surface area (Å²) in [5.41, 5.74) is 5.19. The topological polar surface area (TPSA) is 124 Å². The van der Waals surface area contributed by atoms with Crippen LogP contribution in [0, 0.1) is 0 Å². The number of hydrogen-bond donors (Lipinski definition) is 5. The number of nitrogens with two attached hydrogens (primary N) is 1. The van der Waals surface area contributed by atoms with Gasteiger partial charge in [-0.15, -0.1) is 0 Å². The predicted molar refractivity (Wildman–Crippen MR) is 52.1 cm³/mol. The summed E-state index contributed by atoms with van der Waals surface area (Å²) in [6.45, 7) is -0.708. The molecule has 78 valence electrons. The van der Waals surface area contributed by atoms with Crippen LogP contribution in [0.3, 0.4) is 0 Å². The van der Waals surface area contributed by atoms with Crippen molar-refractivity contribution in [1.82, 2.24) is 0 Å². The van der Waals surface area contributed by atoms with Crippen molar-refractivity contribution in [2.75, 3.05) is 6.61 Å². The van der Waals surface area contributed by atoms with Gasteiger partial charge in [-0.25, -0.2) is 0 Å². The lowest BCUT2D eigenvalue weighted by Gasteiger charge is -2.24. The highest BCUT2D eigenvalue weighted by atomic mass is 127. The second-order valence-corrected chi connectivity index (χ2v) is 3.62. The predicted octanol–water partition coefficient (Wildman–Crippen LogP) is -2.65. The second kappa shape index (κ2) is 5.83. The van der Waals surface area contributed by atoms with E-state index in [9.17, 15) is 9.90 Å². The van der Waals surface area contributed by atoms with Gasteiger partial charge < -0.3 is 26.2 Å². The Morgan fingerprint density at radius 3 is 2.08 bits per heavy atom. The Labute approximate surface area is 88.5 Å². The lowest BCUT2D eigenvalue weighted by Crippen LogP contribution is -2.51. The monoisotopic (exact) mass is 305 g/mol. The van der Waals surface area contributed by atoms with E-state index in [4.69, 9.17) is 21.1 Å². The molecule has 0 rings (SSSR count). The van der Waals surface area contributed by atoms with Gasteiger partial charge in [0.1, 0.15) is 24.4 Å². The van der Waals surface area contributed by atoms with Crippen LogP contribution in [0.25, 0.3) is 0 Å². The summed E-state index contributed by atoms with van der Waals surface area (Å²) in [6.07, 6.45) is -4.71. The standard InChI is InChI=1S/C6H12INO5/c7-6(13)3(8)5(12)4(11)2(10)1-9/h2-5,9-12H,1,8H2/t2-,3-,4-,5-/m1/s1. The first-order valence-electron chi connectivity index (χ1n) is 3.51. The molecule has 0 aromatic heterocycles. The van der Waals surface area contributed by atoms with E-state index in [-0.39, 0.29) is 0 Å². The molecule has 0 aliphatic heterocycles. The number of rotatable bonds is 5. The first-order chi connectivity index (χ1) is 5.91. The normalized spacial score (nSPS) is 20.5. The molecule has 0 aromatic rings. The summed E-state index contributed by atoms with van der Waals surface area (Å²) in [6, 6.07) is -1.27. The van der Waals surface area contributed by atoms with Crippen LogP contribution in [-0.2, 0) is 4.79 Å². The van der Waals surface area contributed by atoms with Gasteiger partial charge in [0, 0.05) is 22.6 Å². The molecule has 6 N–H and O–H groups in total. The third kappa shape index (κ3) is 3.83. The van der Waals surface area contributed by atoms with Gasteiger partial charge in [0.2, 0.25) is 3.79 Å². The zero-order valence-corrected chi connectivity index (χ0v) is 8.83. The third-order valence-electron chi connectivity index (χ3n) is 1.56. The van der Waals surface area contributed by atoms with Crippen molar-refractivity contribution in [2.24, 2.45) is 5.73 Å². The molecule has 0 aliphatic carbocycles. The maximum Gasteiger partial charge on any atom is 0.211 e. The zero-order valence-electron chi connectivity index (χ0n) is 6.67. The molecule has 0 aromatic carbocycles. The molecule has 0 amide bonds. The molecule has 13 heavy (non-hydrogen) atoms. The van der Waals surface area contributed by atoms with Crippen molar-refractivity contribution in [3.8, 4) is 0 Å². The fourth-order valence-corrected chi connectivity index (χ4v) is 1.05. The highest BCUT2D eigenvalue weighted by molar-refractivity contribution is 14.1. The van der Waals surface area contributed by atoms with Crippen molar-refractivity contribution in [3.63, 3.8) is 0 Å². The number of carbonyl (C=O) groups excluding carboxylic acids is 1. The van der Waals surface area contributed by atoms with Crippen LogP contribution in [0.1, 0.15) is 0 Å². The molecule has 0 radical (unpaired) electrons. The minimum atomic E-state index is -1.63. The first-order valence-corrected chi connectivity index (χ1v) is 4.59. The molecule has 0 fully saturated rings. The Morgan fingerprint density at radius 1 is 1.31 bits per heavy atom. The van der Waals surface area contributed by atoms with Crippen molar-refractivity contribution < 1.29 is 25.2 Å². The lowest BCUT2D eigenvalue weighted by molar-refractivity contribution is -0.119. The van der Waals surface area contributed by atoms with Crippen LogP contribution in [0.4, 0.5) is 0 Å². The first kappa shape index (κ1) is 13.2. The Kier molecular flexibility index (Phi) is 5.92. The van der Waals surface area contributed by atoms with Gasteiger partial charge in [-0.3, -0.25) is 4.79 Å². The molecule has 0 spiro atoms. The highest BCUT2D eigenvalue weighted by Gasteiger charge is 2.31. The average molecular weight is 305 g/mol. The number of carbonyl (C=O) groups is 1. The van der Waals surface area contributed by atoms with Crippen molar-refractivity contribution in [1.29, 1.82) is 0 Å². The van der Waals surface area contributed by atoms with E-state index in [1.807, 2.05) is 0 Å². The fourth-order valence-electron chi connectivity index (χ4n) is 0.682. The van der Waals surface area contributed by atoms with Gasteiger partial charge in [-0.05, 0) is 0 Å². The van der Waals surface area contributed by atoms with Crippen molar-refractivity contribution in [3.05, 3.63) is 0 Å². The van der Waals surface area contributed by atoms with Crippen LogP contribution in [-0.4, -0.2) is 55.2 Å².